The second-order valence-electron chi connectivity index (χ2n) is 6.43. The van der Waals surface area contributed by atoms with Gasteiger partial charge in [0.15, 0.2) is 11.5 Å². The third-order valence-electron chi connectivity index (χ3n) is 4.76. The summed E-state index contributed by atoms with van der Waals surface area (Å²) in [5, 5.41) is 47.9. The van der Waals surface area contributed by atoms with E-state index in [1.165, 1.54) is 18.2 Å². The fraction of sp³-hybridized carbons (Fsp3) is 0.294. The van der Waals surface area contributed by atoms with Crippen LogP contribution >= 0.6 is 0 Å². The topological polar surface area (TPSA) is 153 Å². The lowest BCUT2D eigenvalue weighted by Crippen LogP contribution is -2.16. The molecule has 8 nitrogen and oxygen atoms in total. The van der Waals surface area contributed by atoms with E-state index in [2.05, 4.69) is 5.32 Å². The molecular formula is C17H20N2O6S. The zero-order valence-electron chi connectivity index (χ0n) is 13.8. The SMILES string of the molecule is NS(=O)(=O)c1ccc(O)c(CC2CNCC2c2ccc(O)c(O)c2)c1O. The van der Waals surface area contributed by atoms with Crippen molar-refractivity contribution >= 4 is 10.0 Å². The van der Waals surface area contributed by atoms with E-state index in [0.717, 1.165) is 11.6 Å². The minimum atomic E-state index is -4.12. The maximum atomic E-state index is 11.6. The Morgan fingerprint density at radius 1 is 1.00 bits per heavy atom. The van der Waals surface area contributed by atoms with Gasteiger partial charge in [-0.15, -0.1) is 0 Å². The maximum absolute atomic E-state index is 11.6. The molecule has 0 radical (unpaired) electrons. The Balaban J connectivity index is 1.94. The van der Waals surface area contributed by atoms with Gasteiger partial charge >= 0.3 is 0 Å². The van der Waals surface area contributed by atoms with Crippen LogP contribution < -0.4 is 10.5 Å². The number of rotatable bonds is 4. The van der Waals surface area contributed by atoms with Crippen molar-refractivity contribution in [3.05, 3.63) is 41.5 Å². The molecule has 7 N–H and O–H groups in total. The number of primary sulfonamides is 1. The van der Waals surface area contributed by atoms with Crippen LogP contribution in [0.25, 0.3) is 0 Å². The molecule has 2 unspecified atom stereocenters. The van der Waals surface area contributed by atoms with Crippen LogP contribution in [0.4, 0.5) is 0 Å². The number of nitrogens with one attached hydrogen (secondary N) is 1. The molecule has 9 heteroatoms. The first-order valence-electron chi connectivity index (χ1n) is 7.97. The van der Waals surface area contributed by atoms with Crippen LogP contribution in [-0.4, -0.2) is 41.9 Å². The molecule has 140 valence electrons. The Bertz CT molecular complexity index is 945. The number of hydrogen-bond acceptors (Lipinski definition) is 7. The molecule has 2 atom stereocenters. The summed E-state index contributed by atoms with van der Waals surface area (Å²) < 4.78 is 23.2. The summed E-state index contributed by atoms with van der Waals surface area (Å²) >= 11 is 0. The number of phenolic OH excluding ortho intramolecular Hbond substituents is 4. The van der Waals surface area contributed by atoms with Gasteiger partial charge in [0.2, 0.25) is 10.0 Å². The van der Waals surface area contributed by atoms with Crippen LogP contribution in [0.5, 0.6) is 23.0 Å². The number of benzene rings is 2. The highest BCUT2D eigenvalue weighted by Gasteiger charge is 2.31. The van der Waals surface area contributed by atoms with Crippen LogP contribution in [0, 0.1) is 5.92 Å². The monoisotopic (exact) mass is 380 g/mol. The summed E-state index contributed by atoms with van der Waals surface area (Å²) in [4.78, 5) is -0.435. The quantitative estimate of drug-likeness (QED) is 0.427. The second-order valence-corrected chi connectivity index (χ2v) is 7.96. The molecule has 26 heavy (non-hydrogen) atoms. The lowest BCUT2D eigenvalue weighted by molar-refractivity contribution is 0.400. The predicted octanol–water partition coefficient (Wildman–Crippen LogP) is 0.702. The van der Waals surface area contributed by atoms with Crippen LogP contribution in [0.3, 0.4) is 0 Å². The van der Waals surface area contributed by atoms with Gasteiger partial charge in [-0.05, 0) is 48.7 Å². The van der Waals surface area contributed by atoms with Gasteiger partial charge < -0.3 is 25.7 Å². The van der Waals surface area contributed by atoms with Crippen LogP contribution in [0.15, 0.2) is 35.2 Å². The largest absolute Gasteiger partial charge is 0.508 e. The summed E-state index contributed by atoms with van der Waals surface area (Å²) in [5.74, 6) is -1.34. The highest BCUT2D eigenvalue weighted by Crippen LogP contribution is 2.40. The molecule has 2 aromatic carbocycles. The normalized spacial score (nSPS) is 20.3. The highest BCUT2D eigenvalue weighted by molar-refractivity contribution is 7.89. The van der Waals surface area contributed by atoms with Gasteiger partial charge in [0.05, 0.1) is 0 Å². The fourth-order valence-electron chi connectivity index (χ4n) is 3.41. The molecule has 1 fully saturated rings. The van der Waals surface area contributed by atoms with Crippen molar-refractivity contribution in [3.63, 3.8) is 0 Å². The molecule has 2 aromatic rings. The minimum Gasteiger partial charge on any atom is -0.508 e. The van der Waals surface area contributed by atoms with Gasteiger partial charge in [0.25, 0.3) is 0 Å². The lowest BCUT2D eigenvalue weighted by atomic mass is 9.84. The molecule has 1 aliphatic rings. The van der Waals surface area contributed by atoms with Crippen LogP contribution in [0.1, 0.15) is 17.0 Å². The Morgan fingerprint density at radius 2 is 1.69 bits per heavy atom. The zero-order chi connectivity index (χ0) is 19.1. The molecule has 0 aliphatic carbocycles. The molecule has 1 saturated heterocycles. The summed E-state index contributed by atoms with van der Waals surface area (Å²) in [6, 6.07) is 6.82. The average Bonchev–Trinajstić information content (AvgIpc) is 3.01. The molecule has 0 spiro atoms. The fourth-order valence-corrected chi connectivity index (χ4v) is 4.06. The molecule has 1 heterocycles. The number of hydrogen-bond donors (Lipinski definition) is 6. The van der Waals surface area contributed by atoms with Crippen LogP contribution in [-0.2, 0) is 16.4 Å². The smallest absolute Gasteiger partial charge is 0.241 e. The first kappa shape index (κ1) is 18.3. The lowest BCUT2D eigenvalue weighted by Gasteiger charge is -2.21. The Labute approximate surface area is 150 Å². The molecule has 3 rings (SSSR count). The molecule has 1 aliphatic heterocycles. The van der Waals surface area contributed by atoms with E-state index in [9.17, 15) is 28.8 Å². The number of nitrogens with two attached hydrogens (primary N) is 1. The average molecular weight is 380 g/mol. The van der Waals surface area contributed by atoms with Gasteiger partial charge in [0, 0.05) is 18.0 Å². The number of aromatic hydroxyl groups is 4. The number of sulfonamides is 1. The molecule has 0 amide bonds. The van der Waals surface area contributed by atoms with E-state index in [1.807, 2.05) is 0 Å². The molecule has 0 aromatic heterocycles. The Morgan fingerprint density at radius 3 is 2.35 bits per heavy atom. The third-order valence-corrected chi connectivity index (χ3v) is 5.70. The van der Waals surface area contributed by atoms with Gasteiger partial charge in [-0.25, -0.2) is 13.6 Å². The van der Waals surface area contributed by atoms with Gasteiger partial charge in [-0.1, -0.05) is 6.07 Å². The first-order chi connectivity index (χ1) is 12.2. The zero-order valence-corrected chi connectivity index (χ0v) is 14.6. The summed E-state index contributed by atoms with van der Waals surface area (Å²) in [6.07, 6.45) is 0.209. The van der Waals surface area contributed by atoms with Gasteiger partial charge in [0.1, 0.15) is 16.4 Å². The Hall–Kier alpha value is -2.49. The maximum Gasteiger partial charge on any atom is 0.241 e. The third kappa shape index (κ3) is 3.41. The summed E-state index contributed by atoms with van der Waals surface area (Å²) in [6.45, 7) is 1.18. The molecular weight excluding hydrogens is 360 g/mol. The molecule has 0 saturated carbocycles. The van der Waals surface area contributed by atoms with Gasteiger partial charge in [-0.2, -0.15) is 0 Å². The van der Waals surface area contributed by atoms with Gasteiger partial charge in [-0.3, -0.25) is 0 Å². The minimum absolute atomic E-state index is 0.0570. The van der Waals surface area contributed by atoms with Crippen molar-refractivity contribution in [3.8, 4) is 23.0 Å². The Kier molecular flexibility index (Phi) is 4.70. The first-order valence-corrected chi connectivity index (χ1v) is 9.52. The standard InChI is InChI=1S/C17H20N2O6S/c18-26(24,25)16-4-3-13(20)11(17(16)23)5-10-7-19-8-12(10)9-1-2-14(21)15(22)6-9/h1-4,6,10,12,19-23H,5,7-8H2,(H2,18,24,25). The summed E-state index contributed by atoms with van der Waals surface area (Å²) in [7, 11) is -4.12. The van der Waals surface area contributed by atoms with E-state index in [4.69, 9.17) is 5.14 Å². The van der Waals surface area contributed by atoms with E-state index >= 15 is 0 Å². The van der Waals surface area contributed by atoms with E-state index in [1.54, 1.807) is 6.07 Å². The van der Waals surface area contributed by atoms with Crippen molar-refractivity contribution in [1.29, 1.82) is 0 Å². The van der Waals surface area contributed by atoms with E-state index in [-0.39, 0.29) is 41.1 Å². The number of phenols is 4. The van der Waals surface area contributed by atoms with Crippen molar-refractivity contribution in [2.45, 2.75) is 17.2 Å². The van der Waals surface area contributed by atoms with Crippen molar-refractivity contribution < 1.29 is 28.8 Å². The molecule has 0 bridgehead atoms. The second kappa shape index (κ2) is 6.67. The van der Waals surface area contributed by atoms with Crippen molar-refractivity contribution in [2.75, 3.05) is 13.1 Å². The summed E-state index contributed by atoms with van der Waals surface area (Å²) in [5.41, 5.74) is 0.898. The highest BCUT2D eigenvalue weighted by atomic mass is 32.2. The van der Waals surface area contributed by atoms with Crippen molar-refractivity contribution in [2.24, 2.45) is 11.1 Å². The van der Waals surface area contributed by atoms with E-state index < -0.39 is 20.7 Å². The van der Waals surface area contributed by atoms with Crippen LogP contribution in [0.2, 0.25) is 0 Å². The van der Waals surface area contributed by atoms with E-state index in [0.29, 0.717) is 13.1 Å². The van der Waals surface area contributed by atoms with Crippen molar-refractivity contribution in [1.82, 2.24) is 5.32 Å². The predicted molar refractivity (Wildman–Crippen MR) is 93.7 cm³/mol.